The lowest BCUT2D eigenvalue weighted by atomic mass is 9.91. The fourth-order valence-electron chi connectivity index (χ4n) is 3.35. The van der Waals surface area contributed by atoms with E-state index in [9.17, 15) is 0 Å². The van der Waals surface area contributed by atoms with Gasteiger partial charge in [-0.2, -0.15) is 0 Å². The van der Waals surface area contributed by atoms with Crippen LogP contribution >= 0.6 is 23.2 Å². The van der Waals surface area contributed by atoms with Crippen molar-refractivity contribution in [2.24, 2.45) is 0 Å². The molecule has 138 valence electrons. The Labute approximate surface area is 167 Å². The second-order valence-electron chi connectivity index (χ2n) is 8.25. The van der Waals surface area contributed by atoms with E-state index in [2.05, 4.69) is 58.4 Å². The van der Waals surface area contributed by atoms with Crippen LogP contribution < -0.4 is 4.48 Å². The fraction of sp³-hybridized carbons (Fsp3) is 0.391. The van der Waals surface area contributed by atoms with Crippen molar-refractivity contribution >= 4 is 34.5 Å². The summed E-state index contributed by atoms with van der Waals surface area (Å²) in [5, 5.41) is 1.27. The van der Waals surface area contributed by atoms with E-state index in [-0.39, 0.29) is 0 Å². The van der Waals surface area contributed by atoms with Crippen LogP contribution in [0.1, 0.15) is 49.7 Å². The van der Waals surface area contributed by atoms with Gasteiger partial charge in [-0.05, 0) is 72.6 Å². The van der Waals surface area contributed by atoms with Crippen molar-refractivity contribution in [3.63, 3.8) is 0 Å². The largest absolute Gasteiger partial charge is 0.298 e. The molecule has 0 aliphatic heterocycles. The van der Waals surface area contributed by atoms with Crippen LogP contribution in [0.3, 0.4) is 0 Å². The summed E-state index contributed by atoms with van der Waals surface area (Å²) in [6, 6.07) is 15.1. The Morgan fingerprint density at radius 2 is 1.62 bits per heavy atom. The van der Waals surface area contributed by atoms with Gasteiger partial charge in [0.15, 0.2) is 0 Å². The van der Waals surface area contributed by atoms with Crippen LogP contribution in [0.25, 0.3) is 5.57 Å². The molecule has 1 fully saturated rings. The summed E-state index contributed by atoms with van der Waals surface area (Å²) < 4.78 is 0.849. The molecule has 1 saturated carbocycles. The molecule has 1 nitrogen and oxygen atoms in total. The SMILES string of the molecule is CC(CCC(=C1CC1)c1ccc(Cl)c(Cl)c1)c1ccc([N+](C)(C)C)cc1. The molecule has 2 aromatic carbocycles. The maximum atomic E-state index is 6.24. The molecule has 0 bridgehead atoms. The highest BCUT2D eigenvalue weighted by Crippen LogP contribution is 2.41. The van der Waals surface area contributed by atoms with Gasteiger partial charge in [-0.1, -0.05) is 53.9 Å². The Morgan fingerprint density at radius 3 is 2.15 bits per heavy atom. The third-order valence-corrected chi connectivity index (χ3v) is 6.00. The molecule has 0 saturated heterocycles. The zero-order valence-corrected chi connectivity index (χ0v) is 17.7. The maximum absolute atomic E-state index is 6.24. The van der Waals surface area contributed by atoms with E-state index in [0.717, 1.165) is 17.3 Å². The summed E-state index contributed by atoms with van der Waals surface area (Å²) in [6.07, 6.45) is 4.68. The lowest BCUT2D eigenvalue weighted by molar-refractivity contribution is 0.486. The van der Waals surface area contributed by atoms with Crippen LogP contribution in [-0.4, -0.2) is 21.1 Å². The number of allylic oxidation sites excluding steroid dienone is 2. The molecule has 1 unspecified atom stereocenters. The number of halogens is 2. The van der Waals surface area contributed by atoms with Gasteiger partial charge in [-0.25, -0.2) is 0 Å². The number of quaternary nitrogens is 1. The summed E-state index contributed by atoms with van der Waals surface area (Å²) in [5.41, 5.74) is 7.03. The standard InChI is InChI=1S/C23H28Cl2N/c1-16(17-8-11-20(12-9-17)26(2,3)4)5-13-21(18-6-7-18)19-10-14-22(24)23(25)15-19/h8-12,14-16H,5-7,13H2,1-4H3/q+1. The van der Waals surface area contributed by atoms with Crippen molar-refractivity contribution in [2.75, 3.05) is 21.1 Å². The van der Waals surface area contributed by atoms with Gasteiger partial charge in [0.1, 0.15) is 5.69 Å². The van der Waals surface area contributed by atoms with Crippen LogP contribution in [0.4, 0.5) is 5.69 Å². The number of benzene rings is 2. The Kier molecular flexibility index (Phi) is 5.81. The van der Waals surface area contributed by atoms with Crippen molar-refractivity contribution in [2.45, 2.75) is 38.5 Å². The Hall–Kier alpha value is -1.28. The van der Waals surface area contributed by atoms with E-state index >= 15 is 0 Å². The van der Waals surface area contributed by atoms with E-state index in [4.69, 9.17) is 23.2 Å². The molecule has 2 aromatic rings. The first-order valence-corrected chi connectivity index (χ1v) is 10.1. The van der Waals surface area contributed by atoms with Crippen LogP contribution in [-0.2, 0) is 0 Å². The van der Waals surface area contributed by atoms with E-state index in [1.54, 1.807) is 5.57 Å². The number of nitrogens with zero attached hydrogens (tertiary/aromatic N) is 1. The van der Waals surface area contributed by atoms with Gasteiger partial charge in [0.05, 0.1) is 31.2 Å². The first-order chi connectivity index (χ1) is 12.3. The van der Waals surface area contributed by atoms with Crippen molar-refractivity contribution < 1.29 is 0 Å². The summed E-state index contributed by atoms with van der Waals surface area (Å²) in [6.45, 7) is 2.32. The normalized spacial score (nSPS) is 15.1. The number of hydrogen-bond acceptors (Lipinski definition) is 0. The van der Waals surface area contributed by atoms with E-state index in [0.29, 0.717) is 16.0 Å². The molecule has 0 N–H and O–H groups in total. The lowest BCUT2D eigenvalue weighted by Crippen LogP contribution is -2.34. The Balaban J connectivity index is 1.70. The molecule has 0 amide bonds. The molecule has 1 aliphatic rings. The molecule has 1 atom stereocenters. The summed E-state index contributed by atoms with van der Waals surface area (Å²) in [5.74, 6) is 0.536. The monoisotopic (exact) mass is 388 g/mol. The fourth-order valence-corrected chi connectivity index (χ4v) is 3.65. The van der Waals surface area contributed by atoms with E-state index < -0.39 is 0 Å². The summed E-state index contributed by atoms with van der Waals surface area (Å²) in [4.78, 5) is 0. The highest BCUT2D eigenvalue weighted by molar-refractivity contribution is 6.42. The average molecular weight is 389 g/mol. The van der Waals surface area contributed by atoms with Crippen LogP contribution in [0, 0.1) is 0 Å². The van der Waals surface area contributed by atoms with Crippen LogP contribution in [0.5, 0.6) is 0 Å². The lowest BCUT2D eigenvalue weighted by Gasteiger charge is -2.24. The quantitative estimate of drug-likeness (QED) is 0.454. The number of rotatable bonds is 6. The highest BCUT2D eigenvalue weighted by atomic mass is 35.5. The molecule has 26 heavy (non-hydrogen) atoms. The second-order valence-corrected chi connectivity index (χ2v) is 9.07. The number of hydrogen-bond donors (Lipinski definition) is 0. The molecule has 0 heterocycles. The highest BCUT2D eigenvalue weighted by Gasteiger charge is 2.20. The molecule has 0 spiro atoms. The van der Waals surface area contributed by atoms with Gasteiger partial charge in [0.2, 0.25) is 0 Å². The molecular weight excluding hydrogens is 361 g/mol. The van der Waals surface area contributed by atoms with Gasteiger partial charge < -0.3 is 0 Å². The van der Waals surface area contributed by atoms with Crippen LogP contribution in [0.15, 0.2) is 48.0 Å². The molecule has 0 radical (unpaired) electrons. The Bertz CT molecular complexity index is 807. The molecule has 3 heteroatoms. The maximum Gasteiger partial charge on any atom is 0.132 e. The van der Waals surface area contributed by atoms with Gasteiger partial charge in [0, 0.05) is 0 Å². The summed E-state index contributed by atoms with van der Waals surface area (Å²) in [7, 11) is 6.59. The topological polar surface area (TPSA) is 0 Å². The minimum absolute atomic E-state index is 0.536. The minimum atomic E-state index is 0.536. The molecule has 1 aliphatic carbocycles. The molecule has 3 rings (SSSR count). The minimum Gasteiger partial charge on any atom is -0.298 e. The predicted octanol–water partition coefficient (Wildman–Crippen LogP) is 7.32. The predicted molar refractivity (Wildman–Crippen MR) is 116 cm³/mol. The van der Waals surface area contributed by atoms with Gasteiger partial charge in [-0.15, -0.1) is 0 Å². The average Bonchev–Trinajstić information content (AvgIpc) is 3.42. The first kappa shape index (κ1) is 19.5. The van der Waals surface area contributed by atoms with Crippen molar-refractivity contribution in [3.05, 3.63) is 69.2 Å². The zero-order valence-electron chi connectivity index (χ0n) is 16.2. The van der Waals surface area contributed by atoms with Gasteiger partial charge in [0.25, 0.3) is 0 Å². The molecule has 0 aromatic heterocycles. The third-order valence-electron chi connectivity index (χ3n) is 5.26. The van der Waals surface area contributed by atoms with Gasteiger partial charge >= 0.3 is 0 Å². The second kappa shape index (κ2) is 7.76. The van der Waals surface area contributed by atoms with Crippen molar-refractivity contribution in [1.29, 1.82) is 0 Å². The van der Waals surface area contributed by atoms with E-state index in [1.165, 1.54) is 35.2 Å². The zero-order chi connectivity index (χ0) is 18.9. The van der Waals surface area contributed by atoms with Crippen LogP contribution in [0.2, 0.25) is 10.0 Å². The smallest absolute Gasteiger partial charge is 0.132 e. The first-order valence-electron chi connectivity index (χ1n) is 9.34. The Morgan fingerprint density at radius 1 is 0.962 bits per heavy atom. The van der Waals surface area contributed by atoms with Gasteiger partial charge in [-0.3, -0.25) is 4.48 Å². The van der Waals surface area contributed by atoms with Crippen molar-refractivity contribution in [3.8, 4) is 0 Å². The summed E-state index contributed by atoms with van der Waals surface area (Å²) >= 11 is 12.3. The van der Waals surface area contributed by atoms with Crippen molar-refractivity contribution in [1.82, 2.24) is 4.48 Å². The third kappa shape index (κ3) is 4.71. The molecular formula is C23H28Cl2N+. The van der Waals surface area contributed by atoms with E-state index in [1.807, 2.05) is 12.1 Å².